The zero-order valence-corrected chi connectivity index (χ0v) is 11.9. The van der Waals surface area contributed by atoms with E-state index in [-0.39, 0.29) is 12.3 Å². The molecule has 1 atom stereocenters. The lowest BCUT2D eigenvalue weighted by atomic mass is 9.51. The second-order valence-corrected chi connectivity index (χ2v) is 6.80. The summed E-state index contributed by atoms with van der Waals surface area (Å²) in [7, 11) is 1.65. The molecule has 1 unspecified atom stereocenters. The van der Waals surface area contributed by atoms with Crippen molar-refractivity contribution in [1.29, 1.82) is 0 Å². The van der Waals surface area contributed by atoms with Gasteiger partial charge in [-0.2, -0.15) is 0 Å². The van der Waals surface area contributed by atoms with Gasteiger partial charge in [0.1, 0.15) is 0 Å². The fraction of sp³-hybridized carbons (Fsp3) is 0.812. The van der Waals surface area contributed by atoms with Crippen molar-refractivity contribution < 1.29 is 14.3 Å². The van der Waals surface area contributed by atoms with Gasteiger partial charge < -0.3 is 9.47 Å². The Morgan fingerprint density at radius 2 is 1.63 bits per heavy atom. The molecular formula is C16H24O3. The molecule has 19 heavy (non-hydrogen) atoms. The van der Waals surface area contributed by atoms with Crippen LogP contribution in [0.2, 0.25) is 0 Å². The molecule has 0 amide bonds. The van der Waals surface area contributed by atoms with Gasteiger partial charge in [-0.3, -0.25) is 0 Å². The summed E-state index contributed by atoms with van der Waals surface area (Å²) in [6.45, 7) is 5.34. The minimum atomic E-state index is -0.376. The van der Waals surface area contributed by atoms with Gasteiger partial charge in [0, 0.05) is 18.6 Å². The molecule has 3 heteroatoms. The van der Waals surface area contributed by atoms with E-state index in [4.69, 9.17) is 9.47 Å². The Morgan fingerprint density at radius 3 is 2.05 bits per heavy atom. The number of esters is 1. The Labute approximate surface area is 115 Å². The molecule has 3 nitrogen and oxygen atoms in total. The Kier molecular flexibility index (Phi) is 3.42. The van der Waals surface area contributed by atoms with Crippen LogP contribution in [0.1, 0.15) is 39.0 Å². The van der Waals surface area contributed by atoms with Crippen LogP contribution >= 0.6 is 0 Å². The standard InChI is InChI=1S/C16H24O3/c1-9(2)15(17)19-16(18-3)14-12-5-10-4-11(7-12)8-13(14)6-10/h10-14,16H,1,4-8H2,2-3H3. The van der Waals surface area contributed by atoms with Crippen molar-refractivity contribution in [1.82, 2.24) is 0 Å². The van der Waals surface area contributed by atoms with Gasteiger partial charge in [0.25, 0.3) is 0 Å². The van der Waals surface area contributed by atoms with Gasteiger partial charge in [0.15, 0.2) is 0 Å². The van der Waals surface area contributed by atoms with Gasteiger partial charge in [-0.15, -0.1) is 0 Å². The lowest BCUT2D eigenvalue weighted by Crippen LogP contribution is -2.50. The first-order chi connectivity index (χ1) is 9.08. The summed E-state index contributed by atoms with van der Waals surface area (Å²) in [6, 6.07) is 0. The molecule has 106 valence electrons. The van der Waals surface area contributed by atoms with Crippen LogP contribution < -0.4 is 0 Å². The molecule has 4 fully saturated rings. The summed E-state index contributed by atoms with van der Waals surface area (Å²) < 4.78 is 11.0. The highest BCUT2D eigenvalue weighted by Gasteiger charge is 2.51. The molecule has 4 aliphatic carbocycles. The SMILES string of the molecule is C=C(C)C(=O)OC(OC)C1C2CC3CC(C2)CC1C3. The first-order valence-corrected chi connectivity index (χ1v) is 7.47. The lowest BCUT2D eigenvalue weighted by Gasteiger charge is -2.55. The van der Waals surface area contributed by atoms with Crippen LogP contribution in [-0.2, 0) is 14.3 Å². The molecule has 4 bridgehead atoms. The molecule has 4 rings (SSSR count). The van der Waals surface area contributed by atoms with Crippen LogP contribution in [0.15, 0.2) is 12.2 Å². The highest BCUT2D eigenvalue weighted by atomic mass is 16.7. The fourth-order valence-corrected chi connectivity index (χ4v) is 4.90. The lowest BCUT2D eigenvalue weighted by molar-refractivity contribution is -0.210. The van der Waals surface area contributed by atoms with Crippen LogP contribution in [0.3, 0.4) is 0 Å². The monoisotopic (exact) mass is 264 g/mol. The van der Waals surface area contributed by atoms with Gasteiger partial charge in [-0.25, -0.2) is 4.79 Å². The van der Waals surface area contributed by atoms with Crippen molar-refractivity contribution in [2.75, 3.05) is 7.11 Å². The molecule has 0 saturated heterocycles. The summed E-state index contributed by atoms with van der Waals surface area (Å²) in [5, 5.41) is 0. The van der Waals surface area contributed by atoms with E-state index in [1.807, 2.05) is 0 Å². The Balaban J connectivity index is 1.73. The van der Waals surface area contributed by atoms with Crippen LogP contribution in [0, 0.1) is 29.6 Å². The predicted molar refractivity (Wildman–Crippen MR) is 72.2 cm³/mol. The first kappa shape index (κ1) is 13.2. The second kappa shape index (κ2) is 4.93. The highest BCUT2D eigenvalue weighted by Crippen LogP contribution is 2.57. The van der Waals surface area contributed by atoms with Gasteiger partial charge >= 0.3 is 5.97 Å². The minimum Gasteiger partial charge on any atom is -0.432 e. The predicted octanol–water partition coefficient (Wildman–Crippen LogP) is 3.15. The van der Waals surface area contributed by atoms with Crippen molar-refractivity contribution in [2.45, 2.75) is 45.3 Å². The van der Waals surface area contributed by atoms with E-state index in [0.717, 1.165) is 11.8 Å². The third-order valence-electron chi connectivity index (χ3n) is 5.42. The Hall–Kier alpha value is -0.830. The summed E-state index contributed by atoms with van der Waals surface area (Å²) in [5.41, 5.74) is 0.450. The molecule has 0 N–H and O–H groups in total. The molecule has 0 aromatic carbocycles. The second-order valence-electron chi connectivity index (χ2n) is 6.80. The number of hydrogen-bond donors (Lipinski definition) is 0. The van der Waals surface area contributed by atoms with Gasteiger partial charge in [0.05, 0.1) is 0 Å². The first-order valence-electron chi connectivity index (χ1n) is 7.47. The summed E-state index contributed by atoms with van der Waals surface area (Å²) in [6.07, 6.45) is 6.29. The van der Waals surface area contributed by atoms with E-state index in [9.17, 15) is 4.79 Å². The summed E-state index contributed by atoms with van der Waals surface area (Å²) >= 11 is 0. The van der Waals surface area contributed by atoms with Crippen molar-refractivity contribution in [3.05, 3.63) is 12.2 Å². The van der Waals surface area contributed by atoms with Crippen LogP contribution in [0.25, 0.3) is 0 Å². The third-order valence-corrected chi connectivity index (χ3v) is 5.42. The molecule has 0 aromatic rings. The molecule has 0 heterocycles. The van der Waals surface area contributed by atoms with Crippen molar-refractivity contribution in [3.8, 4) is 0 Å². The highest BCUT2D eigenvalue weighted by molar-refractivity contribution is 5.87. The van der Waals surface area contributed by atoms with Gasteiger partial charge in [-0.05, 0) is 62.7 Å². The molecule has 4 aliphatic rings. The quantitative estimate of drug-likeness (QED) is 0.444. The third kappa shape index (κ3) is 2.33. The van der Waals surface area contributed by atoms with E-state index in [2.05, 4.69) is 6.58 Å². The van der Waals surface area contributed by atoms with Crippen molar-refractivity contribution >= 4 is 5.97 Å². The average Bonchev–Trinajstić information content (AvgIpc) is 2.35. The van der Waals surface area contributed by atoms with Gasteiger partial charge in [-0.1, -0.05) is 6.58 Å². The molecule has 0 aliphatic heterocycles. The number of rotatable bonds is 4. The summed E-state index contributed by atoms with van der Waals surface area (Å²) in [5.74, 6) is 3.32. The van der Waals surface area contributed by atoms with E-state index in [0.29, 0.717) is 23.3 Å². The Bertz CT molecular complexity index is 359. The molecule has 0 radical (unpaired) electrons. The molecule has 4 saturated carbocycles. The largest absolute Gasteiger partial charge is 0.432 e. The zero-order valence-electron chi connectivity index (χ0n) is 11.9. The van der Waals surface area contributed by atoms with E-state index in [1.54, 1.807) is 14.0 Å². The van der Waals surface area contributed by atoms with E-state index in [1.165, 1.54) is 32.1 Å². The number of carbonyl (C=O) groups excluding carboxylic acids is 1. The number of carbonyl (C=O) groups is 1. The maximum atomic E-state index is 11.7. The van der Waals surface area contributed by atoms with Crippen LogP contribution in [0.5, 0.6) is 0 Å². The zero-order chi connectivity index (χ0) is 13.6. The normalized spacial score (nSPS) is 41.1. The van der Waals surface area contributed by atoms with Crippen LogP contribution in [0.4, 0.5) is 0 Å². The maximum Gasteiger partial charge on any atom is 0.335 e. The molecule has 0 aromatic heterocycles. The fourth-order valence-electron chi connectivity index (χ4n) is 4.90. The van der Waals surface area contributed by atoms with E-state index >= 15 is 0 Å². The molecular weight excluding hydrogens is 240 g/mol. The van der Waals surface area contributed by atoms with Crippen LogP contribution in [-0.4, -0.2) is 19.4 Å². The maximum absolute atomic E-state index is 11.7. The van der Waals surface area contributed by atoms with Crippen molar-refractivity contribution in [3.63, 3.8) is 0 Å². The minimum absolute atomic E-state index is 0.319. The molecule has 0 spiro atoms. The number of ether oxygens (including phenoxy) is 2. The smallest absolute Gasteiger partial charge is 0.335 e. The van der Waals surface area contributed by atoms with E-state index < -0.39 is 0 Å². The number of methoxy groups -OCH3 is 1. The number of hydrogen-bond acceptors (Lipinski definition) is 3. The summed E-state index contributed by atoms with van der Waals surface area (Å²) in [4.78, 5) is 11.7. The average molecular weight is 264 g/mol. The van der Waals surface area contributed by atoms with Crippen molar-refractivity contribution in [2.24, 2.45) is 29.6 Å². The van der Waals surface area contributed by atoms with Gasteiger partial charge in [0.2, 0.25) is 6.29 Å². The Morgan fingerprint density at radius 1 is 1.11 bits per heavy atom. The topological polar surface area (TPSA) is 35.5 Å².